The summed E-state index contributed by atoms with van der Waals surface area (Å²) in [5.74, 6) is -0.155. The predicted octanol–water partition coefficient (Wildman–Crippen LogP) is 2.03. The average Bonchev–Trinajstić information content (AvgIpc) is 3.04. The lowest BCUT2D eigenvalue weighted by Gasteiger charge is -2.26. The van der Waals surface area contributed by atoms with Gasteiger partial charge in [-0.15, -0.1) is 0 Å². The van der Waals surface area contributed by atoms with Crippen LogP contribution in [0, 0.1) is 6.92 Å². The van der Waals surface area contributed by atoms with Gasteiger partial charge in [0, 0.05) is 13.1 Å². The number of nitrogens with one attached hydrogen (secondary N) is 1. The van der Waals surface area contributed by atoms with Crippen molar-refractivity contribution in [2.45, 2.75) is 18.4 Å². The number of thiazole rings is 1. The predicted molar refractivity (Wildman–Crippen MR) is 115 cm³/mol. The lowest BCUT2D eigenvalue weighted by atomic mass is 10.2. The number of aryl methyl sites for hydroxylation is 1. The van der Waals surface area contributed by atoms with Gasteiger partial charge < -0.3 is 9.64 Å². The minimum Gasteiger partial charge on any atom is -0.378 e. The summed E-state index contributed by atoms with van der Waals surface area (Å²) in [7, 11) is -3.81. The highest BCUT2D eigenvalue weighted by Gasteiger charge is 2.21. The second-order valence-corrected chi connectivity index (χ2v) is 9.67. The van der Waals surface area contributed by atoms with Crippen LogP contribution in [-0.2, 0) is 26.1 Å². The first-order valence-corrected chi connectivity index (χ1v) is 11.7. The highest BCUT2D eigenvalue weighted by Crippen LogP contribution is 2.24. The van der Waals surface area contributed by atoms with Crippen LogP contribution < -0.4 is 9.60 Å². The van der Waals surface area contributed by atoms with Crippen LogP contribution in [0.2, 0.25) is 0 Å². The number of morpholine rings is 1. The molecule has 0 unspecified atom stereocenters. The average molecular weight is 448 g/mol. The standard InChI is InChI=1S/C20H21N3O5S2/c1-14-4-2-3-5-16(14)21-30(26,27)15-6-7-17-18(12-15)29-20(25)23(17)13-19(24)22-8-10-28-11-9-22/h2-7,12,21H,8-11,13H2,1H3. The Labute approximate surface area is 177 Å². The van der Waals surface area contributed by atoms with Gasteiger partial charge >= 0.3 is 4.87 Å². The van der Waals surface area contributed by atoms with Crippen LogP contribution in [0.4, 0.5) is 5.69 Å². The smallest absolute Gasteiger partial charge is 0.308 e. The molecule has 10 heteroatoms. The van der Waals surface area contributed by atoms with E-state index in [0.717, 1.165) is 16.9 Å². The normalized spacial score (nSPS) is 14.8. The maximum atomic E-state index is 12.8. The van der Waals surface area contributed by atoms with Crippen molar-refractivity contribution in [1.82, 2.24) is 9.47 Å². The molecular weight excluding hydrogens is 426 g/mol. The summed E-state index contributed by atoms with van der Waals surface area (Å²) in [6.07, 6.45) is 0. The number of hydrogen-bond donors (Lipinski definition) is 1. The van der Waals surface area contributed by atoms with E-state index in [9.17, 15) is 18.0 Å². The number of anilines is 1. The summed E-state index contributed by atoms with van der Waals surface area (Å²) < 4.78 is 35.4. The van der Waals surface area contributed by atoms with Crippen LogP contribution in [0.5, 0.6) is 0 Å². The molecule has 0 atom stereocenters. The van der Waals surface area contributed by atoms with E-state index in [-0.39, 0.29) is 22.2 Å². The summed E-state index contributed by atoms with van der Waals surface area (Å²) in [5.41, 5.74) is 1.85. The first-order chi connectivity index (χ1) is 14.3. The molecule has 1 aliphatic heterocycles. The molecule has 0 radical (unpaired) electrons. The van der Waals surface area contributed by atoms with Crippen LogP contribution in [0.3, 0.4) is 0 Å². The van der Waals surface area contributed by atoms with Crippen molar-refractivity contribution in [2.75, 3.05) is 31.0 Å². The van der Waals surface area contributed by atoms with Gasteiger partial charge in [-0.1, -0.05) is 29.5 Å². The van der Waals surface area contributed by atoms with Crippen LogP contribution >= 0.6 is 11.3 Å². The van der Waals surface area contributed by atoms with E-state index in [4.69, 9.17) is 4.74 Å². The largest absolute Gasteiger partial charge is 0.378 e. The van der Waals surface area contributed by atoms with Crippen LogP contribution in [-0.4, -0.2) is 50.1 Å². The Morgan fingerprint density at radius 3 is 2.63 bits per heavy atom. The third-order valence-corrected chi connectivity index (χ3v) is 7.30. The molecule has 2 aromatic carbocycles. The van der Waals surface area contributed by atoms with E-state index in [2.05, 4.69) is 4.72 Å². The number of nitrogens with zero attached hydrogens (tertiary/aromatic N) is 2. The molecule has 3 aromatic rings. The second-order valence-electron chi connectivity index (χ2n) is 7.00. The Bertz CT molecular complexity index is 1260. The van der Waals surface area contributed by atoms with E-state index in [1.165, 1.54) is 16.7 Å². The molecule has 1 fully saturated rings. The van der Waals surface area contributed by atoms with Gasteiger partial charge in [-0.2, -0.15) is 0 Å². The van der Waals surface area contributed by atoms with Crippen LogP contribution in [0.15, 0.2) is 52.2 Å². The van der Waals surface area contributed by atoms with E-state index in [0.29, 0.717) is 42.2 Å². The molecule has 0 saturated carbocycles. The highest BCUT2D eigenvalue weighted by atomic mass is 32.2. The summed E-state index contributed by atoms with van der Waals surface area (Å²) in [4.78, 5) is 26.4. The fourth-order valence-corrected chi connectivity index (χ4v) is 5.46. The minimum atomic E-state index is -3.81. The van der Waals surface area contributed by atoms with E-state index < -0.39 is 10.0 Å². The van der Waals surface area contributed by atoms with Gasteiger partial charge in [0.1, 0.15) is 6.54 Å². The SMILES string of the molecule is Cc1ccccc1NS(=O)(=O)c1ccc2c(c1)sc(=O)n2CC(=O)N1CCOCC1. The summed E-state index contributed by atoms with van der Waals surface area (Å²) in [6, 6.07) is 11.6. The molecule has 158 valence electrons. The molecule has 1 N–H and O–H groups in total. The van der Waals surface area contributed by atoms with E-state index >= 15 is 0 Å². The summed E-state index contributed by atoms with van der Waals surface area (Å²) >= 11 is 0.927. The number of sulfonamides is 1. The Morgan fingerprint density at radius 2 is 1.90 bits per heavy atom. The molecular formula is C20H21N3O5S2. The van der Waals surface area contributed by atoms with Crippen molar-refractivity contribution >= 4 is 43.2 Å². The fourth-order valence-electron chi connectivity index (χ4n) is 3.30. The van der Waals surface area contributed by atoms with Gasteiger partial charge in [-0.25, -0.2) is 8.42 Å². The molecule has 1 saturated heterocycles. The molecule has 1 aliphatic rings. The maximum absolute atomic E-state index is 12.8. The fraction of sp³-hybridized carbons (Fsp3) is 0.300. The van der Waals surface area contributed by atoms with Gasteiger partial charge in [0.2, 0.25) is 5.91 Å². The maximum Gasteiger partial charge on any atom is 0.308 e. The van der Waals surface area contributed by atoms with Crippen LogP contribution in [0.25, 0.3) is 10.2 Å². The Kier molecular flexibility index (Phi) is 5.63. The first kappa shape index (κ1) is 20.6. The zero-order valence-corrected chi connectivity index (χ0v) is 18.0. The Hall–Kier alpha value is -2.69. The number of para-hydroxylation sites is 1. The Morgan fingerprint density at radius 1 is 1.17 bits per heavy atom. The lowest BCUT2D eigenvalue weighted by Crippen LogP contribution is -2.43. The zero-order valence-electron chi connectivity index (χ0n) is 16.3. The number of ether oxygens (including phenoxy) is 1. The number of fused-ring (bicyclic) bond motifs is 1. The number of benzene rings is 2. The van der Waals surface area contributed by atoms with E-state index in [1.807, 2.05) is 19.1 Å². The van der Waals surface area contributed by atoms with E-state index in [1.54, 1.807) is 23.1 Å². The minimum absolute atomic E-state index is 0.0613. The van der Waals surface area contributed by atoms with Crippen molar-refractivity contribution in [3.63, 3.8) is 0 Å². The molecule has 1 aromatic heterocycles. The topological polar surface area (TPSA) is 97.7 Å². The quantitative estimate of drug-likeness (QED) is 0.645. The van der Waals surface area contributed by atoms with Gasteiger partial charge in [0.05, 0.1) is 34.0 Å². The molecule has 4 rings (SSSR count). The molecule has 8 nitrogen and oxygen atoms in total. The lowest BCUT2D eigenvalue weighted by molar-refractivity contribution is -0.135. The van der Waals surface area contributed by atoms with Gasteiger partial charge in [-0.05, 0) is 36.8 Å². The number of carbonyl (C=O) groups excluding carboxylic acids is 1. The second kappa shape index (κ2) is 8.21. The van der Waals surface area contributed by atoms with Crippen molar-refractivity contribution in [3.8, 4) is 0 Å². The summed E-state index contributed by atoms with van der Waals surface area (Å²) in [5, 5.41) is 0. The summed E-state index contributed by atoms with van der Waals surface area (Å²) in [6.45, 7) is 3.72. The van der Waals surface area contributed by atoms with Gasteiger partial charge in [0.15, 0.2) is 0 Å². The molecule has 0 spiro atoms. The molecule has 2 heterocycles. The highest BCUT2D eigenvalue weighted by molar-refractivity contribution is 7.92. The van der Waals surface area contributed by atoms with Crippen molar-refractivity contribution in [2.24, 2.45) is 0 Å². The number of aromatic nitrogens is 1. The third-order valence-electron chi connectivity index (χ3n) is 5.00. The molecule has 30 heavy (non-hydrogen) atoms. The van der Waals surface area contributed by atoms with Gasteiger partial charge in [-0.3, -0.25) is 18.9 Å². The Balaban J connectivity index is 1.62. The number of amides is 1. The number of hydrogen-bond acceptors (Lipinski definition) is 6. The molecule has 0 bridgehead atoms. The first-order valence-electron chi connectivity index (χ1n) is 9.42. The molecule has 0 aliphatic carbocycles. The monoisotopic (exact) mass is 447 g/mol. The van der Waals surface area contributed by atoms with Gasteiger partial charge in [0.25, 0.3) is 10.0 Å². The third kappa shape index (κ3) is 4.11. The van der Waals surface area contributed by atoms with Crippen LogP contribution in [0.1, 0.15) is 5.56 Å². The number of rotatable bonds is 5. The van der Waals surface area contributed by atoms with Crippen molar-refractivity contribution in [3.05, 3.63) is 57.7 Å². The van der Waals surface area contributed by atoms with Crippen molar-refractivity contribution < 1.29 is 17.9 Å². The molecule has 1 amide bonds. The van der Waals surface area contributed by atoms with Crippen molar-refractivity contribution in [1.29, 1.82) is 0 Å². The number of carbonyl (C=O) groups is 1. The zero-order chi connectivity index (χ0) is 21.3.